The maximum atomic E-state index is 12.8. The highest BCUT2D eigenvalue weighted by Crippen LogP contribution is 2.22. The summed E-state index contributed by atoms with van der Waals surface area (Å²) >= 11 is 3.40. The summed E-state index contributed by atoms with van der Waals surface area (Å²) in [7, 11) is 0. The van der Waals surface area contributed by atoms with Crippen molar-refractivity contribution in [2.45, 2.75) is 19.8 Å². The van der Waals surface area contributed by atoms with E-state index in [1.807, 2.05) is 31.2 Å². The zero-order valence-corrected chi connectivity index (χ0v) is 14.9. The molecule has 0 saturated carbocycles. The number of carbonyl (C=O) groups is 2. The molecule has 0 aliphatic carbocycles. The van der Waals surface area contributed by atoms with Crippen LogP contribution in [0.3, 0.4) is 0 Å². The summed E-state index contributed by atoms with van der Waals surface area (Å²) in [5.74, 6) is -1.47. The van der Waals surface area contributed by atoms with Crippen LogP contribution in [0.2, 0.25) is 0 Å². The Hall–Kier alpha value is -2.15. The van der Waals surface area contributed by atoms with E-state index in [0.717, 1.165) is 15.9 Å². The lowest BCUT2D eigenvalue weighted by molar-refractivity contribution is -0.143. The monoisotopic (exact) mass is 391 g/mol. The van der Waals surface area contributed by atoms with Crippen molar-refractivity contribution in [3.05, 3.63) is 46.2 Å². The van der Waals surface area contributed by atoms with Crippen LogP contribution in [0.5, 0.6) is 0 Å². The standard InChI is InChI=1S/C17H18BrN3O3/c1-11-15(9-19-21(11)14-6-4-13(18)5-7-14)16(22)20-8-2-3-12(10-20)17(23)24/h4-7,9,12H,2-3,8,10H2,1H3,(H,23,24). The summed E-state index contributed by atoms with van der Waals surface area (Å²) in [4.78, 5) is 25.6. The summed E-state index contributed by atoms with van der Waals surface area (Å²) in [6.45, 7) is 2.70. The molecule has 126 valence electrons. The Morgan fingerprint density at radius 3 is 2.67 bits per heavy atom. The molecule has 1 fully saturated rings. The number of carbonyl (C=O) groups excluding carboxylic acids is 1. The van der Waals surface area contributed by atoms with Crippen molar-refractivity contribution in [1.29, 1.82) is 0 Å². The van der Waals surface area contributed by atoms with E-state index in [1.165, 1.54) is 0 Å². The number of piperidine rings is 1. The lowest BCUT2D eigenvalue weighted by Gasteiger charge is -2.30. The Morgan fingerprint density at radius 2 is 2.00 bits per heavy atom. The van der Waals surface area contributed by atoms with E-state index in [4.69, 9.17) is 0 Å². The number of amides is 1. The molecule has 1 atom stereocenters. The van der Waals surface area contributed by atoms with Crippen LogP contribution in [0, 0.1) is 12.8 Å². The van der Waals surface area contributed by atoms with Crippen LogP contribution < -0.4 is 0 Å². The SMILES string of the molecule is Cc1c(C(=O)N2CCCC(C(=O)O)C2)cnn1-c1ccc(Br)cc1. The number of hydrogen-bond acceptors (Lipinski definition) is 3. The van der Waals surface area contributed by atoms with Crippen molar-refractivity contribution >= 4 is 27.8 Å². The van der Waals surface area contributed by atoms with Crippen LogP contribution in [-0.2, 0) is 4.79 Å². The zero-order valence-electron chi connectivity index (χ0n) is 13.3. The first-order valence-corrected chi connectivity index (χ1v) is 8.59. The predicted octanol–water partition coefficient (Wildman–Crippen LogP) is 2.88. The number of carboxylic acid groups (broad SMARTS) is 1. The molecule has 1 aliphatic rings. The first kappa shape index (κ1) is 16.7. The van der Waals surface area contributed by atoms with Gasteiger partial charge in [0.05, 0.1) is 29.1 Å². The number of rotatable bonds is 3. The summed E-state index contributed by atoms with van der Waals surface area (Å²) < 4.78 is 2.69. The van der Waals surface area contributed by atoms with E-state index >= 15 is 0 Å². The minimum atomic E-state index is -0.838. The number of hydrogen-bond donors (Lipinski definition) is 1. The molecular weight excluding hydrogens is 374 g/mol. The first-order valence-electron chi connectivity index (χ1n) is 7.80. The van der Waals surface area contributed by atoms with Gasteiger partial charge in [-0.15, -0.1) is 0 Å². The average Bonchev–Trinajstić information content (AvgIpc) is 2.96. The number of aliphatic carboxylic acids is 1. The van der Waals surface area contributed by atoms with Gasteiger partial charge >= 0.3 is 5.97 Å². The predicted molar refractivity (Wildman–Crippen MR) is 92.3 cm³/mol. The number of carboxylic acids is 1. The highest BCUT2D eigenvalue weighted by atomic mass is 79.9. The Bertz CT molecular complexity index is 770. The van der Waals surface area contributed by atoms with E-state index in [1.54, 1.807) is 15.8 Å². The van der Waals surface area contributed by atoms with Crippen LogP contribution in [0.4, 0.5) is 0 Å². The smallest absolute Gasteiger partial charge is 0.308 e. The van der Waals surface area contributed by atoms with Gasteiger partial charge in [-0.05, 0) is 44.0 Å². The summed E-state index contributed by atoms with van der Waals surface area (Å²) in [6, 6.07) is 7.67. The highest BCUT2D eigenvalue weighted by molar-refractivity contribution is 9.10. The van der Waals surface area contributed by atoms with Crippen LogP contribution >= 0.6 is 15.9 Å². The van der Waals surface area contributed by atoms with Gasteiger partial charge < -0.3 is 10.0 Å². The van der Waals surface area contributed by atoms with Gasteiger partial charge in [-0.25, -0.2) is 4.68 Å². The van der Waals surface area contributed by atoms with Crippen molar-refractivity contribution in [2.24, 2.45) is 5.92 Å². The molecule has 2 heterocycles. The average molecular weight is 392 g/mol. The van der Waals surface area contributed by atoms with E-state index in [-0.39, 0.29) is 12.5 Å². The lowest BCUT2D eigenvalue weighted by Crippen LogP contribution is -2.42. The molecule has 2 aromatic rings. The molecule has 1 aromatic heterocycles. The Balaban J connectivity index is 1.83. The second-order valence-corrected chi connectivity index (χ2v) is 6.88. The minimum absolute atomic E-state index is 0.151. The Labute approximate surface area is 148 Å². The van der Waals surface area contributed by atoms with Gasteiger partial charge in [0.1, 0.15) is 0 Å². The van der Waals surface area contributed by atoms with Crippen molar-refractivity contribution in [3.63, 3.8) is 0 Å². The van der Waals surface area contributed by atoms with Crippen molar-refractivity contribution in [1.82, 2.24) is 14.7 Å². The molecule has 1 amide bonds. The molecule has 1 unspecified atom stereocenters. The number of nitrogens with zero attached hydrogens (tertiary/aromatic N) is 3. The second-order valence-electron chi connectivity index (χ2n) is 5.96. The van der Waals surface area contributed by atoms with Crippen LogP contribution in [0.15, 0.2) is 34.9 Å². The summed E-state index contributed by atoms with van der Waals surface area (Å²) in [6.07, 6.45) is 2.89. The third-order valence-corrected chi connectivity index (χ3v) is 4.90. The van der Waals surface area contributed by atoms with Crippen LogP contribution in [0.25, 0.3) is 5.69 Å². The van der Waals surface area contributed by atoms with E-state index < -0.39 is 11.9 Å². The first-order chi connectivity index (χ1) is 11.5. The lowest BCUT2D eigenvalue weighted by atomic mass is 9.98. The fourth-order valence-electron chi connectivity index (χ4n) is 3.00. The second kappa shape index (κ2) is 6.76. The molecule has 1 N–H and O–H groups in total. The molecule has 0 spiro atoms. The summed E-state index contributed by atoms with van der Waals surface area (Å²) in [5, 5.41) is 13.5. The van der Waals surface area contributed by atoms with Gasteiger partial charge in [0, 0.05) is 17.6 Å². The minimum Gasteiger partial charge on any atom is -0.481 e. The molecule has 1 saturated heterocycles. The molecule has 1 aromatic carbocycles. The number of likely N-dealkylation sites (tertiary alicyclic amines) is 1. The van der Waals surface area contributed by atoms with E-state index in [0.29, 0.717) is 24.9 Å². The van der Waals surface area contributed by atoms with Gasteiger partial charge in [0.2, 0.25) is 0 Å². The van der Waals surface area contributed by atoms with Crippen molar-refractivity contribution in [2.75, 3.05) is 13.1 Å². The van der Waals surface area contributed by atoms with E-state index in [9.17, 15) is 14.7 Å². The Morgan fingerprint density at radius 1 is 1.29 bits per heavy atom. The Kier molecular flexibility index (Phi) is 4.71. The number of benzene rings is 1. The van der Waals surface area contributed by atoms with E-state index in [2.05, 4.69) is 21.0 Å². The normalized spacial score (nSPS) is 17.8. The summed E-state index contributed by atoms with van der Waals surface area (Å²) in [5.41, 5.74) is 2.14. The highest BCUT2D eigenvalue weighted by Gasteiger charge is 2.30. The molecule has 0 radical (unpaired) electrons. The largest absolute Gasteiger partial charge is 0.481 e. The maximum absolute atomic E-state index is 12.8. The number of halogens is 1. The third-order valence-electron chi connectivity index (χ3n) is 4.37. The molecule has 6 nitrogen and oxygen atoms in total. The maximum Gasteiger partial charge on any atom is 0.308 e. The van der Waals surface area contributed by atoms with Crippen LogP contribution in [-0.4, -0.2) is 44.8 Å². The van der Waals surface area contributed by atoms with Gasteiger partial charge in [0.25, 0.3) is 5.91 Å². The zero-order chi connectivity index (χ0) is 17.3. The molecule has 0 bridgehead atoms. The van der Waals surface area contributed by atoms with Gasteiger partial charge in [-0.1, -0.05) is 15.9 Å². The molecule has 3 rings (SSSR count). The van der Waals surface area contributed by atoms with Crippen molar-refractivity contribution < 1.29 is 14.7 Å². The van der Waals surface area contributed by atoms with Crippen LogP contribution in [0.1, 0.15) is 28.9 Å². The fourth-order valence-corrected chi connectivity index (χ4v) is 3.26. The molecule has 24 heavy (non-hydrogen) atoms. The fraction of sp³-hybridized carbons (Fsp3) is 0.353. The quantitative estimate of drug-likeness (QED) is 0.872. The van der Waals surface area contributed by atoms with Gasteiger partial charge in [-0.3, -0.25) is 9.59 Å². The molecule has 7 heteroatoms. The van der Waals surface area contributed by atoms with Gasteiger partial charge in [0.15, 0.2) is 0 Å². The van der Waals surface area contributed by atoms with Crippen molar-refractivity contribution in [3.8, 4) is 5.69 Å². The van der Waals surface area contributed by atoms with Gasteiger partial charge in [-0.2, -0.15) is 5.10 Å². The molecule has 1 aliphatic heterocycles. The third kappa shape index (κ3) is 3.21. The number of aromatic nitrogens is 2. The molecular formula is C17H18BrN3O3. The topological polar surface area (TPSA) is 75.4 Å².